The molecule has 0 saturated carbocycles. The van der Waals surface area contributed by atoms with Crippen molar-refractivity contribution in [3.05, 3.63) is 111 Å². The molecule has 4 aromatic rings. The maximum absolute atomic E-state index is 12.7. The maximum atomic E-state index is 12.7. The number of nitrogens with zero attached hydrogens (tertiary/aromatic N) is 8. The first-order chi connectivity index (χ1) is 25.9. The first-order valence-electron chi connectivity index (χ1n) is 14.9. The second-order valence-electron chi connectivity index (χ2n) is 11.3. The first-order valence-corrected chi connectivity index (χ1v) is 17.9. The van der Waals surface area contributed by atoms with Crippen LogP contribution in [0.4, 0.5) is 22.7 Å². The fourth-order valence-corrected chi connectivity index (χ4v) is 9.34. The molecule has 0 aliphatic carbocycles. The van der Waals surface area contributed by atoms with E-state index in [0.29, 0.717) is 0 Å². The molecule has 0 radical (unpaired) electrons. The zero-order valence-corrected chi connectivity index (χ0v) is 28.8. The summed E-state index contributed by atoms with van der Waals surface area (Å²) in [4.78, 5) is 39.4. The Morgan fingerprint density at radius 3 is 0.818 bits per heavy atom. The van der Waals surface area contributed by atoms with Crippen LogP contribution in [0.3, 0.4) is 0 Å². The molecule has 21 nitrogen and oxygen atoms in total. The third-order valence-corrected chi connectivity index (χ3v) is 11.7. The molecule has 55 heavy (non-hydrogen) atoms. The van der Waals surface area contributed by atoms with Gasteiger partial charge in [0.25, 0.3) is 22.7 Å². The summed E-state index contributed by atoms with van der Waals surface area (Å²) in [6, 6.07) is 13.6. The van der Waals surface area contributed by atoms with Crippen molar-refractivity contribution in [1.82, 2.24) is 0 Å². The van der Waals surface area contributed by atoms with E-state index in [2.05, 4.69) is 0 Å². The Morgan fingerprint density at radius 2 is 0.673 bits per heavy atom. The molecule has 4 aromatic carbocycles. The van der Waals surface area contributed by atoms with Gasteiger partial charge in [0, 0.05) is 37.5 Å². The molecule has 0 aromatic heterocycles. The minimum atomic E-state index is -4.35. The number of nitriles is 4. The van der Waals surface area contributed by atoms with E-state index in [-0.39, 0.29) is 22.3 Å². The molecule has 0 N–H and O–H groups in total. The smallest absolute Gasteiger partial charge is 0.280 e. The zero-order chi connectivity index (χ0) is 40.6. The monoisotopic (exact) mass is 784 g/mol. The largest absolute Gasteiger partial charge is 0.381 e. The molecule has 23 heteroatoms. The standard InChI is InChI=1S/2C14H4N4O6S.C4H8O/c2*15-5-7-1-9(17(19)20)13-11(3-7)25(23,24)12-4-8(6-16)2-10(14(12)13)18(21)22;1-2-4-5-3-1/h2*1-4H;1-4H2. The first kappa shape index (κ1) is 38.5. The molecule has 1 saturated heterocycles. The van der Waals surface area contributed by atoms with Crippen molar-refractivity contribution in [3.8, 4) is 46.5 Å². The Kier molecular flexibility index (Phi) is 10.1. The van der Waals surface area contributed by atoms with Gasteiger partial charge in [0.15, 0.2) is 0 Å². The molecule has 0 atom stereocenters. The summed E-state index contributed by atoms with van der Waals surface area (Å²) in [5.74, 6) is 0. The number of nitro groups is 4. The summed E-state index contributed by atoms with van der Waals surface area (Å²) >= 11 is 0. The van der Waals surface area contributed by atoms with E-state index in [0.717, 1.165) is 61.7 Å². The van der Waals surface area contributed by atoms with E-state index in [1.807, 2.05) is 0 Å². The van der Waals surface area contributed by atoms with Gasteiger partial charge in [-0.15, -0.1) is 0 Å². The Labute approximate surface area is 307 Å². The Balaban J connectivity index is 0.000000187. The van der Waals surface area contributed by atoms with Crippen molar-refractivity contribution in [2.75, 3.05) is 13.2 Å². The average Bonchev–Trinajstić information content (AvgIpc) is 3.87. The molecule has 0 unspecified atom stereocenters. The molecule has 7 rings (SSSR count). The molecule has 3 heterocycles. The predicted octanol–water partition coefficient (Wildman–Crippen LogP) is 4.92. The second-order valence-corrected chi connectivity index (χ2v) is 15.0. The van der Waals surface area contributed by atoms with Crippen LogP contribution < -0.4 is 0 Å². The third-order valence-electron chi connectivity index (χ3n) is 8.11. The van der Waals surface area contributed by atoms with Gasteiger partial charge in [-0.3, -0.25) is 40.5 Å². The SMILES string of the molecule is C1CCOC1.N#Cc1cc([N+](=O)[O-])c2c(c1)S(=O)(=O)c1cc(C#N)cc([N+](=O)[O-])c1-2.N#Cc1cc([N+](=O)[O-])c2c(c1)S(=O)(=O)c1cc(C#N)cc([N+](=O)[O-])c1-2. The highest BCUT2D eigenvalue weighted by Crippen LogP contribution is 2.53. The van der Waals surface area contributed by atoms with Crippen molar-refractivity contribution < 1.29 is 41.3 Å². The van der Waals surface area contributed by atoms with Crippen LogP contribution in [0.5, 0.6) is 0 Å². The molecule has 1 fully saturated rings. The number of benzene rings is 4. The number of hydrogen-bond acceptors (Lipinski definition) is 17. The lowest BCUT2D eigenvalue weighted by molar-refractivity contribution is -0.386. The third kappa shape index (κ3) is 6.60. The summed E-state index contributed by atoms with van der Waals surface area (Å²) in [5, 5.41) is 81.2. The minimum absolute atomic E-state index is 0.273. The number of nitro benzene ring substituents is 4. The maximum Gasteiger partial charge on any atom is 0.280 e. The Hall–Kier alpha value is -7.70. The van der Waals surface area contributed by atoms with E-state index >= 15 is 0 Å². The fourth-order valence-electron chi connectivity index (χ4n) is 5.84. The van der Waals surface area contributed by atoms with E-state index in [1.165, 1.54) is 12.8 Å². The van der Waals surface area contributed by atoms with Gasteiger partial charge < -0.3 is 4.74 Å². The van der Waals surface area contributed by atoms with Crippen LogP contribution in [0, 0.1) is 85.8 Å². The molecule has 0 bridgehead atoms. The van der Waals surface area contributed by atoms with Crippen LogP contribution in [0.2, 0.25) is 0 Å². The molecule has 0 amide bonds. The number of fused-ring (bicyclic) bond motifs is 6. The van der Waals surface area contributed by atoms with Gasteiger partial charge in [-0.2, -0.15) is 21.0 Å². The summed E-state index contributed by atoms with van der Waals surface area (Å²) in [5.41, 5.74) is -5.82. The number of hydrogen-bond donors (Lipinski definition) is 0. The highest BCUT2D eigenvalue weighted by atomic mass is 32.2. The van der Waals surface area contributed by atoms with Crippen molar-refractivity contribution in [3.63, 3.8) is 0 Å². The summed E-state index contributed by atoms with van der Waals surface area (Å²) in [7, 11) is -8.71. The van der Waals surface area contributed by atoms with Crippen LogP contribution in [-0.2, 0) is 24.4 Å². The topological polar surface area (TPSA) is 345 Å². The molecule has 3 aliphatic rings. The van der Waals surface area contributed by atoms with Crippen molar-refractivity contribution >= 4 is 42.4 Å². The van der Waals surface area contributed by atoms with Gasteiger partial charge in [-0.05, 0) is 37.1 Å². The second kappa shape index (κ2) is 14.4. The van der Waals surface area contributed by atoms with Crippen LogP contribution in [-0.4, -0.2) is 49.7 Å². The van der Waals surface area contributed by atoms with Gasteiger partial charge in [0.05, 0.1) is 108 Å². The van der Waals surface area contributed by atoms with Crippen molar-refractivity contribution in [2.24, 2.45) is 0 Å². The van der Waals surface area contributed by atoms with E-state index < -0.39 is 104 Å². The number of sulfone groups is 2. The fraction of sp³-hybridized carbons (Fsp3) is 0.125. The number of ether oxygens (including phenoxy) is 1. The molecule has 0 spiro atoms. The summed E-state index contributed by atoms with van der Waals surface area (Å²) in [6.07, 6.45) is 2.56. The van der Waals surface area contributed by atoms with E-state index in [1.54, 1.807) is 24.3 Å². The summed E-state index contributed by atoms with van der Waals surface area (Å²) in [6.45, 7) is 2.00. The number of rotatable bonds is 4. The van der Waals surface area contributed by atoms with Crippen LogP contribution in [0.15, 0.2) is 68.1 Å². The van der Waals surface area contributed by atoms with Crippen LogP contribution in [0.25, 0.3) is 22.3 Å². The summed E-state index contributed by atoms with van der Waals surface area (Å²) < 4.78 is 55.7. The lowest BCUT2D eigenvalue weighted by atomic mass is 9.99. The lowest BCUT2D eigenvalue weighted by Crippen LogP contribution is -1.99. The van der Waals surface area contributed by atoms with Gasteiger partial charge >= 0.3 is 0 Å². The van der Waals surface area contributed by atoms with Gasteiger partial charge in [-0.25, -0.2) is 16.8 Å². The molecular formula is C32H16N8O13S2. The van der Waals surface area contributed by atoms with Crippen molar-refractivity contribution in [2.45, 2.75) is 32.4 Å². The molecule has 274 valence electrons. The normalized spacial score (nSPS) is 14.2. The Bertz CT molecular complexity index is 2470. The highest BCUT2D eigenvalue weighted by molar-refractivity contribution is 7.92. The molecular weight excluding hydrogens is 769 g/mol. The Morgan fingerprint density at radius 1 is 0.455 bits per heavy atom. The van der Waals surface area contributed by atoms with Crippen LogP contribution in [0.1, 0.15) is 35.1 Å². The predicted molar refractivity (Wildman–Crippen MR) is 180 cm³/mol. The minimum Gasteiger partial charge on any atom is -0.381 e. The lowest BCUT2D eigenvalue weighted by Gasteiger charge is -2.03. The highest BCUT2D eigenvalue weighted by Gasteiger charge is 2.45. The van der Waals surface area contributed by atoms with Gasteiger partial charge in [0.2, 0.25) is 19.7 Å². The van der Waals surface area contributed by atoms with Crippen molar-refractivity contribution in [1.29, 1.82) is 21.0 Å². The van der Waals surface area contributed by atoms with Crippen LogP contribution >= 0.6 is 0 Å². The van der Waals surface area contributed by atoms with Gasteiger partial charge in [-0.1, -0.05) is 0 Å². The quantitative estimate of drug-likeness (QED) is 0.169. The zero-order valence-electron chi connectivity index (χ0n) is 27.1. The van der Waals surface area contributed by atoms with E-state index in [4.69, 9.17) is 25.8 Å². The molecule has 3 aliphatic heterocycles. The van der Waals surface area contributed by atoms with Gasteiger partial charge in [0.1, 0.15) is 0 Å². The van der Waals surface area contributed by atoms with E-state index in [9.17, 15) is 57.3 Å². The average molecular weight is 785 g/mol.